The molecular weight excluding hydrogens is 514 g/mol. The summed E-state index contributed by atoms with van der Waals surface area (Å²) in [6.45, 7) is 2.89. The maximum Gasteiger partial charge on any atom is 0.258 e. The number of piperidine rings is 1. The summed E-state index contributed by atoms with van der Waals surface area (Å²) in [5.41, 5.74) is 4.00. The maximum atomic E-state index is 13.6. The predicted molar refractivity (Wildman–Crippen MR) is 162 cm³/mol. The van der Waals surface area contributed by atoms with Crippen molar-refractivity contribution in [3.63, 3.8) is 0 Å². The number of hydrogen-bond donors (Lipinski definition) is 0. The Morgan fingerprint density at radius 1 is 0.976 bits per heavy atom. The number of pyridine rings is 1. The van der Waals surface area contributed by atoms with E-state index in [4.69, 9.17) is 14.2 Å². The number of fused-ring (bicyclic) bond motifs is 1. The lowest BCUT2D eigenvalue weighted by molar-refractivity contribution is 0.0576. The third-order valence-corrected chi connectivity index (χ3v) is 7.75. The molecule has 1 aliphatic heterocycles. The molecule has 7 nitrogen and oxygen atoms in total. The van der Waals surface area contributed by atoms with Crippen LogP contribution >= 0.6 is 0 Å². The Morgan fingerprint density at radius 3 is 2.66 bits per heavy atom. The number of likely N-dealkylation sites (tertiary alicyclic amines) is 1. The van der Waals surface area contributed by atoms with Gasteiger partial charge >= 0.3 is 0 Å². The van der Waals surface area contributed by atoms with Gasteiger partial charge in [0.2, 0.25) is 0 Å². The number of rotatable bonds is 11. The van der Waals surface area contributed by atoms with Crippen molar-refractivity contribution in [1.29, 1.82) is 0 Å². The minimum atomic E-state index is -0.0168. The molecule has 0 spiro atoms. The Labute approximate surface area is 242 Å². The van der Waals surface area contributed by atoms with Gasteiger partial charge in [0, 0.05) is 43.7 Å². The predicted octanol–water partition coefficient (Wildman–Crippen LogP) is 6.35. The van der Waals surface area contributed by atoms with Crippen molar-refractivity contribution in [2.45, 2.75) is 44.8 Å². The molecule has 5 rings (SSSR count). The van der Waals surface area contributed by atoms with Gasteiger partial charge in [-0.2, -0.15) is 0 Å². The van der Waals surface area contributed by atoms with Crippen LogP contribution in [-0.2, 0) is 13.1 Å². The second-order valence-electron chi connectivity index (χ2n) is 10.6. The quantitative estimate of drug-likeness (QED) is 0.216. The Kier molecular flexibility index (Phi) is 9.36. The molecular formula is C34H39N3O4. The van der Waals surface area contributed by atoms with E-state index in [-0.39, 0.29) is 11.9 Å². The van der Waals surface area contributed by atoms with Crippen LogP contribution in [0, 0.1) is 0 Å². The third-order valence-electron chi connectivity index (χ3n) is 7.75. The van der Waals surface area contributed by atoms with Crippen molar-refractivity contribution < 1.29 is 19.0 Å². The number of carbonyl (C=O) groups excluding carboxylic acids is 1. The van der Waals surface area contributed by atoms with Gasteiger partial charge in [0.05, 0.1) is 31.9 Å². The summed E-state index contributed by atoms with van der Waals surface area (Å²) in [5, 5.41) is 1.16. The molecule has 1 saturated heterocycles. The van der Waals surface area contributed by atoms with Gasteiger partial charge in [-0.25, -0.2) is 0 Å². The Hall–Kier alpha value is -4.10. The molecule has 1 fully saturated rings. The zero-order valence-electron chi connectivity index (χ0n) is 24.2. The van der Waals surface area contributed by atoms with Crippen molar-refractivity contribution in [2.75, 3.05) is 34.4 Å². The second kappa shape index (κ2) is 13.5. The molecule has 0 aliphatic carbocycles. The molecule has 214 valence electrons. The summed E-state index contributed by atoms with van der Waals surface area (Å²) < 4.78 is 17.2. The molecule has 7 heteroatoms. The Morgan fingerprint density at radius 2 is 1.80 bits per heavy atom. The lowest BCUT2D eigenvalue weighted by Gasteiger charge is -2.36. The van der Waals surface area contributed by atoms with Crippen LogP contribution in [0.25, 0.3) is 10.9 Å². The summed E-state index contributed by atoms with van der Waals surface area (Å²) >= 11 is 0. The minimum absolute atomic E-state index is 0.0168. The van der Waals surface area contributed by atoms with Crippen molar-refractivity contribution in [3.8, 4) is 17.2 Å². The van der Waals surface area contributed by atoms with Crippen molar-refractivity contribution in [1.82, 2.24) is 14.8 Å². The van der Waals surface area contributed by atoms with Gasteiger partial charge in [-0.05, 0) is 67.8 Å². The van der Waals surface area contributed by atoms with Crippen molar-refractivity contribution in [3.05, 3.63) is 95.7 Å². The van der Waals surface area contributed by atoms with E-state index >= 15 is 0 Å². The SMILES string of the molecule is COc1cccc(C(=O)N2CCCC[C@H]2CCOc2cccc(CN(C)Cc3cccc4cccnc34)c2)c1OC. The zero-order chi connectivity index (χ0) is 28.6. The van der Waals surface area contributed by atoms with Gasteiger partial charge in [-0.3, -0.25) is 14.7 Å². The molecule has 0 bridgehead atoms. The summed E-state index contributed by atoms with van der Waals surface area (Å²) in [6.07, 6.45) is 5.70. The van der Waals surface area contributed by atoms with E-state index in [0.29, 0.717) is 23.7 Å². The fourth-order valence-electron chi connectivity index (χ4n) is 5.78. The number of benzene rings is 3. The highest BCUT2D eigenvalue weighted by Crippen LogP contribution is 2.33. The van der Waals surface area contributed by atoms with Crippen molar-refractivity contribution in [2.24, 2.45) is 0 Å². The smallest absolute Gasteiger partial charge is 0.258 e. The number of amides is 1. The largest absolute Gasteiger partial charge is 0.494 e. The first-order valence-corrected chi connectivity index (χ1v) is 14.3. The number of carbonyl (C=O) groups is 1. The van der Waals surface area contributed by atoms with Gasteiger partial charge in [0.25, 0.3) is 5.91 Å². The molecule has 1 aromatic heterocycles. The number of aromatic nitrogens is 1. The lowest BCUT2D eigenvalue weighted by atomic mass is 9.98. The molecule has 0 N–H and O–H groups in total. The fraction of sp³-hybridized carbons (Fsp3) is 0.353. The Balaban J connectivity index is 1.18. The maximum absolute atomic E-state index is 13.6. The average molecular weight is 554 g/mol. The normalized spacial score (nSPS) is 15.2. The summed E-state index contributed by atoms with van der Waals surface area (Å²) in [4.78, 5) is 22.5. The molecule has 3 aromatic carbocycles. The zero-order valence-corrected chi connectivity index (χ0v) is 24.2. The number of ether oxygens (including phenoxy) is 3. The van der Waals surface area contributed by atoms with E-state index in [2.05, 4.69) is 53.3 Å². The number of nitrogens with zero attached hydrogens (tertiary/aromatic N) is 3. The molecule has 1 atom stereocenters. The van der Waals surface area contributed by atoms with E-state index in [9.17, 15) is 4.79 Å². The summed E-state index contributed by atoms with van der Waals surface area (Å²) in [6, 6.07) is 24.3. The number of hydrogen-bond acceptors (Lipinski definition) is 6. The number of para-hydroxylation sites is 2. The molecule has 1 amide bonds. The molecule has 0 unspecified atom stereocenters. The van der Waals surface area contributed by atoms with Crippen LogP contribution in [0.15, 0.2) is 79.0 Å². The molecule has 4 aromatic rings. The highest BCUT2D eigenvalue weighted by atomic mass is 16.5. The first kappa shape index (κ1) is 28.4. The van der Waals surface area contributed by atoms with Crippen LogP contribution in [-0.4, -0.2) is 61.2 Å². The van der Waals surface area contributed by atoms with E-state index in [1.165, 1.54) is 11.1 Å². The second-order valence-corrected chi connectivity index (χ2v) is 10.6. The van der Waals surface area contributed by atoms with Gasteiger partial charge in [-0.15, -0.1) is 0 Å². The highest BCUT2D eigenvalue weighted by molar-refractivity contribution is 5.98. The lowest BCUT2D eigenvalue weighted by Crippen LogP contribution is -2.44. The summed E-state index contributed by atoms with van der Waals surface area (Å²) in [5.74, 6) is 1.89. The van der Waals surface area contributed by atoms with Crippen LogP contribution in [0.4, 0.5) is 0 Å². The van der Waals surface area contributed by atoms with E-state index in [0.717, 1.165) is 62.0 Å². The van der Waals surface area contributed by atoms with Crippen LogP contribution in [0.3, 0.4) is 0 Å². The van der Waals surface area contributed by atoms with E-state index in [1.807, 2.05) is 47.5 Å². The molecule has 1 aliphatic rings. The van der Waals surface area contributed by atoms with Gasteiger partial charge in [0.15, 0.2) is 11.5 Å². The topological polar surface area (TPSA) is 64.1 Å². The van der Waals surface area contributed by atoms with Gasteiger partial charge < -0.3 is 19.1 Å². The standard InChI is InChI=1S/C34H39N3O4/c1-36(24-27-12-7-11-26-13-9-19-35-32(26)27)23-25-10-6-15-29(22-25)41-21-18-28-14-4-5-20-37(28)34(38)30-16-8-17-31(39-2)33(30)40-3/h6-13,15-17,19,22,28H,4-5,14,18,20-21,23-24H2,1-3H3/t28-/m0/s1. The van der Waals surface area contributed by atoms with Gasteiger partial charge in [0.1, 0.15) is 5.75 Å². The van der Waals surface area contributed by atoms with E-state index < -0.39 is 0 Å². The highest BCUT2D eigenvalue weighted by Gasteiger charge is 2.30. The molecule has 0 radical (unpaired) electrons. The summed E-state index contributed by atoms with van der Waals surface area (Å²) in [7, 11) is 5.28. The molecule has 0 saturated carbocycles. The van der Waals surface area contributed by atoms with Crippen LogP contribution in [0.2, 0.25) is 0 Å². The van der Waals surface area contributed by atoms with Crippen LogP contribution in [0.5, 0.6) is 17.2 Å². The number of methoxy groups -OCH3 is 2. The molecule has 2 heterocycles. The minimum Gasteiger partial charge on any atom is -0.494 e. The van der Waals surface area contributed by atoms with Crippen LogP contribution < -0.4 is 14.2 Å². The first-order valence-electron chi connectivity index (χ1n) is 14.3. The fourth-order valence-corrected chi connectivity index (χ4v) is 5.78. The average Bonchev–Trinajstić information content (AvgIpc) is 3.01. The monoisotopic (exact) mass is 553 g/mol. The van der Waals surface area contributed by atoms with Crippen LogP contribution in [0.1, 0.15) is 47.2 Å². The molecule has 41 heavy (non-hydrogen) atoms. The van der Waals surface area contributed by atoms with Crippen molar-refractivity contribution >= 4 is 16.8 Å². The van der Waals surface area contributed by atoms with E-state index in [1.54, 1.807) is 14.2 Å². The first-order chi connectivity index (χ1) is 20.1. The van der Waals surface area contributed by atoms with Gasteiger partial charge in [-0.1, -0.05) is 42.5 Å². The third kappa shape index (κ3) is 6.80. The Bertz CT molecular complexity index is 1470.